The lowest BCUT2D eigenvalue weighted by molar-refractivity contribution is -0.117. The van der Waals surface area contributed by atoms with Gasteiger partial charge in [-0.2, -0.15) is 0 Å². The molecular weight excluding hydrogens is 299 g/mol. The van der Waals surface area contributed by atoms with Crippen LogP contribution in [0.3, 0.4) is 0 Å². The normalized spacial score (nSPS) is 10.6. The van der Waals surface area contributed by atoms with E-state index in [0.717, 1.165) is 10.7 Å². The van der Waals surface area contributed by atoms with Crippen LogP contribution in [0.2, 0.25) is 0 Å². The zero-order valence-electron chi connectivity index (χ0n) is 11.0. The molecule has 2 rings (SSSR count). The summed E-state index contributed by atoms with van der Waals surface area (Å²) in [6, 6.07) is 6.02. The van der Waals surface area contributed by atoms with Gasteiger partial charge in [0.25, 0.3) is 0 Å². The van der Waals surface area contributed by atoms with Gasteiger partial charge in [-0.05, 0) is 25.1 Å². The van der Waals surface area contributed by atoms with E-state index >= 15 is 0 Å². The molecule has 1 aromatic carbocycles. The van der Waals surface area contributed by atoms with Crippen molar-refractivity contribution in [2.24, 2.45) is 0 Å². The molecule has 2 aromatic rings. The number of alkyl halides is 1. The van der Waals surface area contributed by atoms with Crippen LogP contribution < -0.4 is 4.90 Å². The Hall–Kier alpha value is -1.46. The summed E-state index contributed by atoms with van der Waals surface area (Å²) in [6.07, 6.45) is 0.200. The van der Waals surface area contributed by atoms with Crippen molar-refractivity contribution in [3.8, 4) is 0 Å². The van der Waals surface area contributed by atoms with Gasteiger partial charge in [0.2, 0.25) is 5.91 Å². The van der Waals surface area contributed by atoms with Gasteiger partial charge in [-0.15, -0.1) is 22.9 Å². The van der Waals surface area contributed by atoms with E-state index in [0.29, 0.717) is 18.1 Å². The lowest BCUT2D eigenvalue weighted by Crippen LogP contribution is -2.32. The van der Waals surface area contributed by atoms with Gasteiger partial charge in [0.1, 0.15) is 10.8 Å². The highest BCUT2D eigenvalue weighted by atomic mass is 35.5. The van der Waals surface area contributed by atoms with Crippen LogP contribution in [0.1, 0.15) is 17.6 Å². The molecule has 1 amide bonds. The largest absolute Gasteiger partial charge is 0.312 e. The fourth-order valence-corrected chi connectivity index (χ4v) is 2.88. The van der Waals surface area contributed by atoms with E-state index in [-0.39, 0.29) is 18.1 Å². The summed E-state index contributed by atoms with van der Waals surface area (Å²) in [5.74, 6) is -0.118. The molecule has 20 heavy (non-hydrogen) atoms. The minimum atomic E-state index is -0.354. The maximum atomic E-state index is 13.2. The van der Waals surface area contributed by atoms with Crippen LogP contribution in [-0.2, 0) is 17.1 Å². The van der Waals surface area contributed by atoms with Crippen molar-refractivity contribution in [3.05, 3.63) is 46.2 Å². The van der Waals surface area contributed by atoms with Crippen LogP contribution in [0.25, 0.3) is 0 Å². The fraction of sp³-hybridized carbons (Fsp3) is 0.286. The molecular formula is C14H14ClFN2OS. The number of rotatable bonds is 5. The first-order chi connectivity index (χ1) is 9.63. The molecule has 1 aromatic heterocycles. The quantitative estimate of drug-likeness (QED) is 0.790. The number of thiazole rings is 1. The molecule has 3 nitrogen and oxygen atoms in total. The number of carbonyl (C=O) groups is 1. The molecule has 0 saturated carbocycles. The molecule has 0 atom stereocenters. The van der Waals surface area contributed by atoms with Gasteiger partial charge in [-0.25, -0.2) is 9.37 Å². The average molecular weight is 313 g/mol. The summed E-state index contributed by atoms with van der Waals surface area (Å²) in [6.45, 7) is 2.34. The maximum Gasteiger partial charge on any atom is 0.233 e. The monoisotopic (exact) mass is 312 g/mol. The van der Waals surface area contributed by atoms with Crippen molar-refractivity contribution in [2.75, 3.05) is 11.4 Å². The number of hydrogen-bond donors (Lipinski definition) is 0. The molecule has 0 aliphatic carbocycles. The lowest BCUT2D eigenvalue weighted by Gasteiger charge is -2.20. The molecule has 0 aliphatic heterocycles. The Kier molecular flexibility index (Phi) is 5.09. The Labute approximate surface area is 126 Å². The highest BCUT2D eigenvalue weighted by Crippen LogP contribution is 2.18. The van der Waals surface area contributed by atoms with Crippen molar-refractivity contribution >= 4 is 34.5 Å². The number of carbonyl (C=O) groups excluding carboxylic acids is 1. The second kappa shape index (κ2) is 6.81. The van der Waals surface area contributed by atoms with Crippen LogP contribution >= 0.6 is 22.9 Å². The first kappa shape index (κ1) is 14.9. The van der Waals surface area contributed by atoms with E-state index in [2.05, 4.69) is 4.98 Å². The number of aromatic nitrogens is 1. The minimum absolute atomic E-state index is 0.103. The van der Waals surface area contributed by atoms with Crippen LogP contribution in [-0.4, -0.2) is 17.4 Å². The molecule has 1 heterocycles. The first-order valence-electron chi connectivity index (χ1n) is 6.19. The predicted molar refractivity (Wildman–Crippen MR) is 79.8 cm³/mol. The SMILES string of the molecule is CCN(C(=O)Cc1nc(CCl)cs1)c1cccc(F)c1. The predicted octanol–water partition coefficient (Wildman–Crippen LogP) is 3.62. The number of amides is 1. The second-order valence-electron chi connectivity index (χ2n) is 4.16. The van der Waals surface area contributed by atoms with Gasteiger partial charge in [-0.3, -0.25) is 4.79 Å². The summed E-state index contributed by atoms with van der Waals surface area (Å²) in [5.41, 5.74) is 1.33. The number of halogens is 2. The molecule has 0 saturated heterocycles. The fourth-order valence-electron chi connectivity index (χ4n) is 1.86. The number of benzene rings is 1. The number of hydrogen-bond acceptors (Lipinski definition) is 3. The van der Waals surface area contributed by atoms with E-state index in [1.807, 2.05) is 12.3 Å². The lowest BCUT2D eigenvalue weighted by atomic mass is 10.2. The Balaban J connectivity index is 2.13. The highest BCUT2D eigenvalue weighted by Gasteiger charge is 2.16. The molecule has 106 valence electrons. The number of nitrogens with zero attached hydrogens (tertiary/aromatic N) is 2. The zero-order chi connectivity index (χ0) is 14.5. The minimum Gasteiger partial charge on any atom is -0.312 e. The number of likely N-dealkylation sites (N-methyl/N-ethyl adjacent to an activating group) is 1. The first-order valence-corrected chi connectivity index (χ1v) is 7.60. The molecule has 0 N–H and O–H groups in total. The molecule has 0 aliphatic rings. The molecule has 0 radical (unpaired) electrons. The van der Waals surface area contributed by atoms with Gasteiger partial charge in [0.15, 0.2) is 0 Å². The van der Waals surface area contributed by atoms with Crippen molar-refractivity contribution in [3.63, 3.8) is 0 Å². The Morgan fingerprint density at radius 1 is 1.50 bits per heavy atom. The van der Waals surface area contributed by atoms with E-state index in [4.69, 9.17) is 11.6 Å². The third kappa shape index (κ3) is 3.55. The molecule has 0 bridgehead atoms. The van der Waals surface area contributed by atoms with Crippen LogP contribution in [0, 0.1) is 5.82 Å². The average Bonchev–Trinajstić information content (AvgIpc) is 2.87. The van der Waals surface area contributed by atoms with E-state index < -0.39 is 0 Å². The Bertz CT molecular complexity index is 602. The van der Waals surface area contributed by atoms with Crippen molar-refractivity contribution in [2.45, 2.75) is 19.2 Å². The smallest absolute Gasteiger partial charge is 0.233 e. The summed E-state index contributed by atoms with van der Waals surface area (Å²) < 4.78 is 13.2. The van der Waals surface area contributed by atoms with Crippen molar-refractivity contribution < 1.29 is 9.18 Å². The third-order valence-electron chi connectivity index (χ3n) is 2.78. The molecule has 0 unspecified atom stereocenters. The van der Waals surface area contributed by atoms with Gasteiger partial charge in [0, 0.05) is 17.6 Å². The van der Waals surface area contributed by atoms with Gasteiger partial charge in [0.05, 0.1) is 18.0 Å². The standard InChI is InChI=1S/C14H14ClFN2OS/c1-2-18(12-5-3-4-10(16)6-12)14(19)7-13-17-11(8-15)9-20-13/h3-6,9H,2,7-8H2,1H3. The van der Waals surface area contributed by atoms with Crippen LogP contribution in [0.15, 0.2) is 29.6 Å². The topological polar surface area (TPSA) is 33.2 Å². The van der Waals surface area contributed by atoms with Gasteiger partial charge >= 0.3 is 0 Å². The van der Waals surface area contributed by atoms with Gasteiger partial charge in [-0.1, -0.05) is 6.07 Å². The zero-order valence-corrected chi connectivity index (χ0v) is 12.5. The van der Waals surface area contributed by atoms with Crippen LogP contribution in [0.4, 0.5) is 10.1 Å². The van der Waals surface area contributed by atoms with Gasteiger partial charge < -0.3 is 4.90 Å². The summed E-state index contributed by atoms with van der Waals surface area (Å²) in [5, 5.41) is 2.56. The molecule has 0 fully saturated rings. The molecule has 6 heteroatoms. The van der Waals surface area contributed by atoms with Crippen LogP contribution in [0.5, 0.6) is 0 Å². The molecule has 0 spiro atoms. The van der Waals surface area contributed by atoms with Crippen molar-refractivity contribution in [1.82, 2.24) is 4.98 Å². The Morgan fingerprint density at radius 3 is 2.90 bits per heavy atom. The summed E-state index contributed by atoms with van der Waals surface area (Å²) in [7, 11) is 0. The Morgan fingerprint density at radius 2 is 2.30 bits per heavy atom. The van der Waals surface area contributed by atoms with E-state index in [9.17, 15) is 9.18 Å². The summed E-state index contributed by atoms with van der Waals surface area (Å²) >= 11 is 7.10. The highest BCUT2D eigenvalue weighted by molar-refractivity contribution is 7.09. The second-order valence-corrected chi connectivity index (χ2v) is 5.37. The summed E-state index contributed by atoms with van der Waals surface area (Å²) in [4.78, 5) is 18.1. The third-order valence-corrected chi connectivity index (χ3v) is 3.95. The van der Waals surface area contributed by atoms with E-state index in [1.165, 1.54) is 23.5 Å². The van der Waals surface area contributed by atoms with Crippen molar-refractivity contribution in [1.29, 1.82) is 0 Å². The maximum absolute atomic E-state index is 13.2. The number of anilines is 1. The van der Waals surface area contributed by atoms with E-state index in [1.54, 1.807) is 17.0 Å².